The van der Waals surface area contributed by atoms with Crippen molar-refractivity contribution in [3.63, 3.8) is 0 Å². The highest BCUT2D eigenvalue weighted by molar-refractivity contribution is 5.87. The van der Waals surface area contributed by atoms with E-state index in [1.165, 1.54) is 0 Å². The third-order valence-electron chi connectivity index (χ3n) is 2.69. The number of furan rings is 1. The van der Waals surface area contributed by atoms with Gasteiger partial charge in [0.2, 0.25) is 0 Å². The third-order valence-corrected chi connectivity index (χ3v) is 2.69. The summed E-state index contributed by atoms with van der Waals surface area (Å²) in [4.78, 5) is 12.9. The van der Waals surface area contributed by atoms with E-state index in [0.29, 0.717) is 5.56 Å². The van der Waals surface area contributed by atoms with E-state index in [4.69, 9.17) is 9.52 Å². The summed E-state index contributed by atoms with van der Waals surface area (Å²) < 4.78 is 5.02. The van der Waals surface area contributed by atoms with Crippen LogP contribution in [0, 0.1) is 0 Å². The van der Waals surface area contributed by atoms with E-state index < -0.39 is 5.97 Å². The maximum atomic E-state index is 10.7. The zero-order chi connectivity index (χ0) is 13.0. The normalized spacial score (nSPS) is 10.8. The van der Waals surface area contributed by atoms with Gasteiger partial charge in [0, 0.05) is 18.7 Å². The van der Waals surface area contributed by atoms with Crippen molar-refractivity contribution in [2.45, 2.75) is 13.1 Å². The van der Waals surface area contributed by atoms with Gasteiger partial charge in [0.25, 0.3) is 0 Å². The van der Waals surface area contributed by atoms with E-state index >= 15 is 0 Å². The predicted octanol–water partition coefficient (Wildman–Crippen LogP) is 2.61. The first-order chi connectivity index (χ1) is 8.65. The van der Waals surface area contributed by atoms with Gasteiger partial charge in [-0.2, -0.15) is 0 Å². The van der Waals surface area contributed by atoms with Crippen LogP contribution in [0.25, 0.3) is 0 Å². The van der Waals surface area contributed by atoms with Crippen molar-refractivity contribution in [2.75, 3.05) is 7.05 Å². The van der Waals surface area contributed by atoms with Crippen molar-refractivity contribution in [1.29, 1.82) is 0 Å². The van der Waals surface area contributed by atoms with Crippen molar-refractivity contribution < 1.29 is 14.3 Å². The van der Waals surface area contributed by atoms with Gasteiger partial charge in [-0.05, 0) is 30.8 Å². The number of hydrogen-bond donors (Lipinski definition) is 1. The summed E-state index contributed by atoms with van der Waals surface area (Å²) in [5, 5.41) is 8.81. The van der Waals surface area contributed by atoms with E-state index in [1.54, 1.807) is 24.7 Å². The van der Waals surface area contributed by atoms with Gasteiger partial charge in [0.15, 0.2) is 0 Å². The maximum Gasteiger partial charge on any atom is 0.335 e. The number of aromatic carboxylic acids is 1. The molecule has 0 aliphatic heterocycles. The molecule has 94 valence electrons. The van der Waals surface area contributed by atoms with Crippen LogP contribution in [-0.4, -0.2) is 23.0 Å². The van der Waals surface area contributed by atoms with Crippen LogP contribution in [0.1, 0.15) is 21.5 Å². The van der Waals surface area contributed by atoms with Gasteiger partial charge >= 0.3 is 5.97 Å². The molecule has 1 aromatic carbocycles. The molecule has 0 aliphatic rings. The highest BCUT2D eigenvalue weighted by atomic mass is 16.4. The van der Waals surface area contributed by atoms with Gasteiger partial charge in [-0.3, -0.25) is 4.90 Å². The van der Waals surface area contributed by atoms with Gasteiger partial charge in [-0.25, -0.2) is 4.79 Å². The van der Waals surface area contributed by atoms with Gasteiger partial charge in [-0.15, -0.1) is 0 Å². The third kappa shape index (κ3) is 3.21. The molecule has 0 unspecified atom stereocenters. The van der Waals surface area contributed by atoms with E-state index in [1.807, 2.05) is 25.2 Å². The largest absolute Gasteiger partial charge is 0.478 e. The zero-order valence-electron chi connectivity index (χ0n) is 10.2. The van der Waals surface area contributed by atoms with Crippen molar-refractivity contribution in [2.24, 2.45) is 0 Å². The summed E-state index contributed by atoms with van der Waals surface area (Å²) in [6.07, 6.45) is 3.38. The molecule has 1 heterocycles. The maximum absolute atomic E-state index is 10.7. The van der Waals surface area contributed by atoms with Crippen LogP contribution in [0.4, 0.5) is 0 Å². The molecule has 0 saturated carbocycles. The van der Waals surface area contributed by atoms with Gasteiger partial charge < -0.3 is 9.52 Å². The summed E-state index contributed by atoms with van der Waals surface area (Å²) in [7, 11) is 2.01. The molecule has 4 heteroatoms. The van der Waals surface area contributed by atoms with Crippen LogP contribution >= 0.6 is 0 Å². The fraction of sp³-hybridized carbons (Fsp3) is 0.214. The van der Waals surface area contributed by atoms with E-state index in [0.717, 1.165) is 24.2 Å². The van der Waals surface area contributed by atoms with Crippen LogP contribution < -0.4 is 0 Å². The van der Waals surface area contributed by atoms with Crippen molar-refractivity contribution in [3.8, 4) is 0 Å². The molecule has 2 rings (SSSR count). The molecular weight excluding hydrogens is 230 g/mol. The highest BCUT2D eigenvalue weighted by Crippen LogP contribution is 2.10. The van der Waals surface area contributed by atoms with Crippen molar-refractivity contribution in [3.05, 3.63) is 59.5 Å². The molecule has 2 aromatic rings. The first-order valence-corrected chi connectivity index (χ1v) is 5.67. The Morgan fingerprint density at radius 2 is 1.83 bits per heavy atom. The number of carboxylic acid groups (broad SMARTS) is 1. The van der Waals surface area contributed by atoms with Gasteiger partial charge in [0.1, 0.15) is 0 Å². The number of hydrogen-bond acceptors (Lipinski definition) is 3. The molecule has 0 bridgehead atoms. The minimum absolute atomic E-state index is 0.316. The Morgan fingerprint density at radius 1 is 1.17 bits per heavy atom. The average Bonchev–Trinajstić information content (AvgIpc) is 2.82. The molecule has 4 nitrogen and oxygen atoms in total. The smallest absolute Gasteiger partial charge is 0.335 e. The Bertz CT molecular complexity index is 502. The molecule has 0 fully saturated rings. The zero-order valence-corrected chi connectivity index (χ0v) is 10.2. The van der Waals surface area contributed by atoms with Crippen LogP contribution in [0.15, 0.2) is 47.3 Å². The van der Waals surface area contributed by atoms with Crippen molar-refractivity contribution >= 4 is 5.97 Å². The topological polar surface area (TPSA) is 53.7 Å². The predicted molar refractivity (Wildman–Crippen MR) is 67.3 cm³/mol. The molecule has 0 aliphatic carbocycles. The minimum Gasteiger partial charge on any atom is -0.478 e. The Balaban J connectivity index is 1.94. The van der Waals surface area contributed by atoms with Crippen LogP contribution in [0.5, 0.6) is 0 Å². The number of rotatable bonds is 5. The lowest BCUT2D eigenvalue weighted by Crippen LogP contribution is -2.16. The number of carbonyl (C=O) groups is 1. The lowest BCUT2D eigenvalue weighted by atomic mass is 10.1. The number of benzene rings is 1. The summed E-state index contributed by atoms with van der Waals surface area (Å²) in [6, 6.07) is 8.88. The molecular formula is C14H15NO3. The highest BCUT2D eigenvalue weighted by Gasteiger charge is 2.05. The molecule has 18 heavy (non-hydrogen) atoms. The Labute approximate surface area is 105 Å². The SMILES string of the molecule is CN(Cc1ccc(C(=O)O)cc1)Cc1ccoc1. The monoisotopic (exact) mass is 245 g/mol. The lowest BCUT2D eigenvalue weighted by Gasteiger charge is -2.15. The van der Waals surface area contributed by atoms with Crippen LogP contribution in [-0.2, 0) is 13.1 Å². The molecule has 0 atom stereocenters. The quantitative estimate of drug-likeness (QED) is 0.879. The first kappa shape index (κ1) is 12.4. The molecule has 0 saturated heterocycles. The van der Waals surface area contributed by atoms with Crippen molar-refractivity contribution in [1.82, 2.24) is 4.90 Å². The minimum atomic E-state index is -0.895. The summed E-state index contributed by atoms with van der Waals surface area (Å²) in [5.41, 5.74) is 2.53. The molecule has 0 radical (unpaired) electrons. The van der Waals surface area contributed by atoms with Gasteiger partial charge in [0.05, 0.1) is 18.1 Å². The summed E-state index contributed by atoms with van der Waals surface area (Å²) in [5.74, 6) is -0.895. The molecule has 0 spiro atoms. The second-order valence-corrected chi connectivity index (χ2v) is 4.31. The second kappa shape index (κ2) is 5.51. The molecule has 1 aromatic heterocycles. The van der Waals surface area contributed by atoms with E-state index in [-0.39, 0.29) is 0 Å². The first-order valence-electron chi connectivity index (χ1n) is 5.67. The second-order valence-electron chi connectivity index (χ2n) is 4.31. The van der Waals surface area contributed by atoms with E-state index in [2.05, 4.69) is 4.90 Å². The Morgan fingerprint density at radius 3 is 2.39 bits per heavy atom. The van der Waals surface area contributed by atoms with E-state index in [9.17, 15) is 4.79 Å². The fourth-order valence-electron chi connectivity index (χ4n) is 1.81. The van der Waals surface area contributed by atoms with Gasteiger partial charge in [-0.1, -0.05) is 12.1 Å². The van der Waals surface area contributed by atoms with Crippen LogP contribution in [0.3, 0.4) is 0 Å². The summed E-state index contributed by atoms with van der Waals surface area (Å²) >= 11 is 0. The van der Waals surface area contributed by atoms with Crippen LogP contribution in [0.2, 0.25) is 0 Å². The average molecular weight is 245 g/mol. The lowest BCUT2D eigenvalue weighted by molar-refractivity contribution is 0.0697. The Hall–Kier alpha value is -2.07. The fourth-order valence-corrected chi connectivity index (χ4v) is 1.81. The number of nitrogens with zero attached hydrogens (tertiary/aromatic N) is 1. The Kier molecular flexibility index (Phi) is 3.79. The summed E-state index contributed by atoms with van der Waals surface area (Å²) in [6.45, 7) is 1.57. The standard InChI is InChI=1S/C14H15NO3/c1-15(9-12-6-7-18-10-12)8-11-2-4-13(5-3-11)14(16)17/h2-7,10H,8-9H2,1H3,(H,16,17). The number of carboxylic acids is 1. The molecule has 1 N–H and O–H groups in total. The molecule has 0 amide bonds.